The number of hydrogen-bond acceptors (Lipinski definition) is 3. The van der Waals surface area contributed by atoms with E-state index in [9.17, 15) is 4.79 Å². The Morgan fingerprint density at radius 3 is 2.52 bits per heavy atom. The molecule has 4 nitrogen and oxygen atoms in total. The Bertz CT molecular complexity index is 569. The number of anilines is 1. The number of aryl methyl sites for hydroxylation is 1. The molecule has 0 fully saturated rings. The molecule has 2 aromatic carbocycles. The molecule has 21 heavy (non-hydrogen) atoms. The highest BCUT2D eigenvalue weighted by molar-refractivity contribution is 5.92. The Morgan fingerprint density at radius 1 is 1.05 bits per heavy atom. The van der Waals surface area contributed by atoms with Crippen molar-refractivity contribution >= 4 is 11.6 Å². The van der Waals surface area contributed by atoms with E-state index in [1.54, 1.807) is 12.1 Å². The molecule has 1 amide bonds. The van der Waals surface area contributed by atoms with Gasteiger partial charge in [-0.15, -0.1) is 0 Å². The predicted octanol–water partition coefficient (Wildman–Crippen LogP) is 2.63. The quantitative estimate of drug-likeness (QED) is 0.769. The number of hydrogen-bond donors (Lipinski definition) is 2. The maximum absolute atomic E-state index is 11.2. The molecule has 0 saturated carbocycles. The fourth-order valence-electron chi connectivity index (χ4n) is 1.99. The first kappa shape index (κ1) is 15.1. The Balaban J connectivity index is 1.84. The summed E-state index contributed by atoms with van der Waals surface area (Å²) in [5.41, 5.74) is 1.86. The summed E-state index contributed by atoms with van der Waals surface area (Å²) in [5, 5.41) is 11.4. The number of nitrogens with one attached hydrogen (secondary N) is 1. The normalized spacial score (nSPS) is 10.1. The molecule has 0 spiro atoms. The maximum Gasteiger partial charge on any atom is 0.250 e. The van der Waals surface area contributed by atoms with Crippen LogP contribution in [0.15, 0.2) is 54.6 Å². The van der Waals surface area contributed by atoms with Crippen LogP contribution in [-0.4, -0.2) is 24.2 Å². The second kappa shape index (κ2) is 8.07. The van der Waals surface area contributed by atoms with Gasteiger partial charge in [-0.1, -0.05) is 42.5 Å². The first-order valence-corrected chi connectivity index (χ1v) is 6.96. The monoisotopic (exact) mass is 285 g/mol. The zero-order chi connectivity index (χ0) is 14.9. The first-order chi connectivity index (χ1) is 10.3. The van der Waals surface area contributed by atoms with Gasteiger partial charge in [-0.2, -0.15) is 0 Å². The molecular weight excluding hydrogens is 266 g/mol. The van der Waals surface area contributed by atoms with Crippen molar-refractivity contribution in [2.24, 2.45) is 0 Å². The van der Waals surface area contributed by atoms with Crippen LogP contribution in [0.2, 0.25) is 0 Å². The SMILES string of the molecule is O=C(CO)Nc1ccccc1OCCCc1ccccc1. The molecule has 110 valence electrons. The largest absolute Gasteiger partial charge is 0.491 e. The van der Waals surface area contributed by atoms with Gasteiger partial charge < -0.3 is 15.2 Å². The van der Waals surface area contributed by atoms with Gasteiger partial charge in [-0.05, 0) is 30.5 Å². The third-order valence-corrected chi connectivity index (χ3v) is 3.01. The molecule has 0 heterocycles. The molecule has 0 aliphatic rings. The summed E-state index contributed by atoms with van der Waals surface area (Å²) < 4.78 is 5.71. The van der Waals surface area contributed by atoms with Crippen LogP contribution in [0.3, 0.4) is 0 Å². The fourth-order valence-corrected chi connectivity index (χ4v) is 1.99. The first-order valence-electron chi connectivity index (χ1n) is 6.96. The Morgan fingerprint density at radius 2 is 1.76 bits per heavy atom. The summed E-state index contributed by atoms with van der Waals surface area (Å²) in [5.74, 6) is 0.169. The minimum atomic E-state index is -0.539. The third-order valence-electron chi connectivity index (χ3n) is 3.01. The Hall–Kier alpha value is -2.33. The van der Waals surface area contributed by atoms with Gasteiger partial charge in [0.2, 0.25) is 5.91 Å². The van der Waals surface area contributed by atoms with Crippen molar-refractivity contribution in [3.8, 4) is 5.75 Å². The summed E-state index contributed by atoms with van der Waals surface area (Å²) in [6.07, 6.45) is 1.85. The molecule has 0 radical (unpaired) electrons. The van der Waals surface area contributed by atoms with E-state index in [0.717, 1.165) is 12.8 Å². The number of aliphatic hydroxyl groups excluding tert-OH is 1. The minimum Gasteiger partial charge on any atom is -0.491 e. The number of aliphatic hydroxyl groups is 1. The lowest BCUT2D eigenvalue weighted by atomic mass is 10.1. The summed E-state index contributed by atoms with van der Waals surface area (Å²) in [7, 11) is 0. The van der Waals surface area contributed by atoms with E-state index in [1.165, 1.54) is 5.56 Å². The van der Waals surface area contributed by atoms with E-state index >= 15 is 0 Å². The highest BCUT2D eigenvalue weighted by Crippen LogP contribution is 2.23. The Kier molecular flexibility index (Phi) is 5.79. The maximum atomic E-state index is 11.2. The van der Waals surface area contributed by atoms with Crippen LogP contribution in [0.4, 0.5) is 5.69 Å². The highest BCUT2D eigenvalue weighted by Gasteiger charge is 2.06. The highest BCUT2D eigenvalue weighted by atomic mass is 16.5. The van der Waals surface area contributed by atoms with Crippen molar-refractivity contribution < 1.29 is 14.6 Å². The van der Waals surface area contributed by atoms with Gasteiger partial charge in [0.25, 0.3) is 0 Å². The molecular formula is C17H19NO3. The number of benzene rings is 2. The van der Waals surface area contributed by atoms with E-state index < -0.39 is 12.5 Å². The molecule has 2 N–H and O–H groups in total. The third kappa shape index (κ3) is 4.93. The summed E-state index contributed by atoms with van der Waals surface area (Å²) in [6.45, 7) is 0.0310. The average molecular weight is 285 g/mol. The lowest BCUT2D eigenvalue weighted by Crippen LogP contribution is -2.16. The number of carbonyl (C=O) groups is 1. The Labute approximate surface area is 124 Å². The number of rotatable bonds is 7. The minimum absolute atomic E-state index is 0.449. The summed E-state index contributed by atoms with van der Waals surface area (Å²) in [6, 6.07) is 17.4. The van der Waals surface area contributed by atoms with Crippen LogP contribution < -0.4 is 10.1 Å². The molecule has 0 bridgehead atoms. The standard InChI is InChI=1S/C17H19NO3/c19-13-17(20)18-15-10-4-5-11-16(15)21-12-6-9-14-7-2-1-3-8-14/h1-5,7-8,10-11,19H,6,9,12-13H2,(H,18,20). The molecule has 0 atom stereocenters. The summed E-state index contributed by atoms with van der Waals surface area (Å²) >= 11 is 0. The number of ether oxygens (including phenoxy) is 1. The van der Waals surface area contributed by atoms with Gasteiger partial charge in [-0.3, -0.25) is 4.79 Å². The van der Waals surface area contributed by atoms with Crippen LogP contribution in [0.25, 0.3) is 0 Å². The molecule has 2 aromatic rings. The van der Waals surface area contributed by atoms with Gasteiger partial charge >= 0.3 is 0 Å². The van der Waals surface area contributed by atoms with Crippen molar-refractivity contribution in [3.05, 3.63) is 60.2 Å². The molecule has 2 rings (SSSR count). The van der Waals surface area contributed by atoms with Gasteiger partial charge in [-0.25, -0.2) is 0 Å². The zero-order valence-corrected chi connectivity index (χ0v) is 11.8. The van der Waals surface area contributed by atoms with Crippen molar-refractivity contribution in [1.82, 2.24) is 0 Å². The molecule has 0 aromatic heterocycles. The number of amides is 1. The summed E-state index contributed by atoms with van der Waals surface area (Å²) in [4.78, 5) is 11.2. The van der Waals surface area contributed by atoms with Crippen molar-refractivity contribution in [3.63, 3.8) is 0 Å². The van der Waals surface area contributed by atoms with E-state index in [4.69, 9.17) is 9.84 Å². The van der Waals surface area contributed by atoms with Crippen molar-refractivity contribution in [2.75, 3.05) is 18.5 Å². The molecule has 0 saturated heterocycles. The average Bonchev–Trinajstić information content (AvgIpc) is 2.54. The van der Waals surface area contributed by atoms with Crippen molar-refractivity contribution in [1.29, 1.82) is 0 Å². The van der Waals surface area contributed by atoms with Gasteiger partial charge in [0, 0.05) is 0 Å². The predicted molar refractivity (Wildman–Crippen MR) is 82.4 cm³/mol. The topological polar surface area (TPSA) is 58.6 Å². The van der Waals surface area contributed by atoms with Gasteiger partial charge in [0.1, 0.15) is 12.4 Å². The van der Waals surface area contributed by atoms with Crippen LogP contribution in [0.1, 0.15) is 12.0 Å². The van der Waals surface area contributed by atoms with E-state index in [0.29, 0.717) is 18.0 Å². The van der Waals surface area contributed by atoms with E-state index in [2.05, 4.69) is 17.4 Å². The second-order valence-electron chi connectivity index (χ2n) is 4.64. The number of carbonyl (C=O) groups excluding carboxylic acids is 1. The second-order valence-corrected chi connectivity index (χ2v) is 4.64. The molecule has 4 heteroatoms. The van der Waals surface area contributed by atoms with Crippen LogP contribution in [-0.2, 0) is 11.2 Å². The lowest BCUT2D eigenvalue weighted by Gasteiger charge is -2.11. The molecule has 0 aliphatic carbocycles. The van der Waals surface area contributed by atoms with Crippen LogP contribution in [0, 0.1) is 0 Å². The number of para-hydroxylation sites is 2. The lowest BCUT2D eigenvalue weighted by molar-refractivity contribution is -0.118. The van der Waals surface area contributed by atoms with Gasteiger partial charge in [0.15, 0.2) is 0 Å². The van der Waals surface area contributed by atoms with E-state index in [-0.39, 0.29) is 0 Å². The van der Waals surface area contributed by atoms with Crippen LogP contribution >= 0.6 is 0 Å². The van der Waals surface area contributed by atoms with E-state index in [1.807, 2.05) is 30.3 Å². The fraction of sp³-hybridized carbons (Fsp3) is 0.235. The molecule has 0 aliphatic heterocycles. The smallest absolute Gasteiger partial charge is 0.250 e. The van der Waals surface area contributed by atoms with Crippen LogP contribution in [0.5, 0.6) is 5.75 Å². The zero-order valence-electron chi connectivity index (χ0n) is 11.8. The molecule has 0 unspecified atom stereocenters. The van der Waals surface area contributed by atoms with Crippen molar-refractivity contribution in [2.45, 2.75) is 12.8 Å². The van der Waals surface area contributed by atoms with Gasteiger partial charge in [0.05, 0.1) is 12.3 Å².